The van der Waals surface area contributed by atoms with Gasteiger partial charge in [-0.1, -0.05) is 52.4 Å². The second kappa shape index (κ2) is 35.3. The number of rotatable bonds is 26. The van der Waals surface area contributed by atoms with E-state index in [1.165, 1.54) is 51.4 Å². The van der Waals surface area contributed by atoms with Gasteiger partial charge < -0.3 is 38.6 Å². The molecule has 0 heterocycles. The Morgan fingerprint density at radius 1 is 0.344 bits per heavy atom. The van der Waals surface area contributed by atoms with E-state index < -0.39 is 0 Å². The molecule has 2 N–H and O–H groups in total. The highest BCUT2D eigenvalue weighted by atomic mass is 16.6. The summed E-state index contributed by atoms with van der Waals surface area (Å²) in [5.41, 5.74) is 0. The Bertz CT molecular complexity index is 269. The predicted octanol–water partition coefficient (Wildman–Crippen LogP) is 3.22. The van der Waals surface area contributed by atoms with E-state index in [4.69, 9.17) is 38.6 Å². The lowest BCUT2D eigenvalue weighted by molar-refractivity contribution is -0.0151. The fraction of sp³-hybridized carbons (Fsp3) is 1.00. The molecule has 32 heavy (non-hydrogen) atoms. The minimum Gasteiger partial charge on any atom is -0.394 e. The zero-order chi connectivity index (χ0) is 23.8. The Hall–Kier alpha value is -0.320. The van der Waals surface area contributed by atoms with Gasteiger partial charge >= 0.3 is 0 Å². The number of aliphatic hydroxyl groups is 2. The van der Waals surface area contributed by atoms with Crippen molar-refractivity contribution in [2.45, 2.75) is 65.2 Å². The summed E-state index contributed by atoms with van der Waals surface area (Å²) in [7, 11) is 0. The lowest BCUT2D eigenvalue weighted by Gasteiger charge is -2.07. The van der Waals surface area contributed by atoms with Crippen molar-refractivity contribution >= 4 is 0 Å². The molecule has 0 fully saturated rings. The third-order valence-corrected chi connectivity index (χ3v) is 4.24. The molecule has 0 bridgehead atoms. The molecule has 0 unspecified atom stereocenters. The van der Waals surface area contributed by atoms with Gasteiger partial charge in [-0.3, -0.25) is 0 Å². The second-order valence-corrected chi connectivity index (χ2v) is 7.24. The molecule has 0 aliphatic carbocycles. The van der Waals surface area contributed by atoms with Gasteiger partial charge in [-0.05, 0) is 12.8 Å². The molecule has 0 saturated heterocycles. The number of hydrogen-bond acceptors (Lipinski definition) is 8. The Labute approximate surface area is 196 Å². The molecule has 0 atom stereocenters. The van der Waals surface area contributed by atoms with Crippen LogP contribution in [0.15, 0.2) is 0 Å². The van der Waals surface area contributed by atoms with Crippen LogP contribution in [-0.2, 0) is 28.4 Å². The van der Waals surface area contributed by atoms with Crippen LogP contribution in [0, 0.1) is 0 Å². The molecule has 8 nitrogen and oxygen atoms in total. The summed E-state index contributed by atoms with van der Waals surface area (Å²) in [5, 5.41) is 16.9. The highest BCUT2D eigenvalue weighted by Gasteiger charge is 1.93. The lowest BCUT2D eigenvalue weighted by Crippen LogP contribution is -2.14. The normalized spacial score (nSPS) is 10.9. The van der Waals surface area contributed by atoms with Gasteiger partial charge in [0.1, 0.15) is 0 Å². The fourth-order valence-corrected chi connectivity index (χ4v) is 2.47. The summed E-state index contributed by atoms with van der Waals surface area (Å²) in [4.78, 5) is 0. The lowest BCUT2D eigenvalue weighted by atomic mass is 10.2. The van der Waals surface area contributed by atoms with Crippen LogP contribution in [-0.4, -0.2) is 103 Å². The Morgan fingerprint density at radius 3 is 1.00 bits per heavy atom. The van der Waals surface area contributed by atoms with Crippen molar-refractivity contribution in [3.8, 4) is 0 Å². The second-order valence-electron chi connectivity index (χ2n) is 7.24. The molecule has 196 valence electrons. The topological polar surface area (TPSA) is 95.8 Å². The molecule has 0 radical (unpaired) electrons. The summed E-state index contributed by atoms with van der Waals surface area (Å²) in [6, 6.07) is 0. The van der Waals surface area contributed by atoms with Gasteiger partial charge in [0.25, 0.3) is 0 Å². The maximum Gasteiger partial charge on any atom is 0.0701 e. The van der Waals surface area contributed by atoms with Crippen LogP contribution >= 0.6 is 0 Å². The zero-order valence-electron chi connectivity index (χ0n) is 20.9. The predicted molar refractivity (Wildman–Crippen MR) is 127 cm³/mol. The van der Waals surface area contributed by atoms with Gasteiger partial charge in [-0.25, -0.2) is 0 Å². The average Bonchev–Trinajstić information content (AvgIpc) is 2.81. The van der Waals surface area contributed by atoms with Crippen molar-refractivity contribution in [1.82, 2.24) is 0 Å². The average molecular weight is 469 g/mol. The van der Waals surface area contributed by atoms with Crippen molar-refractivity contribution in [3.63, 3.8) is 0 Å². The summed E-state index contributed by atoms with van der Waals surface area (Å²) in [6.45, 7) is 11.2. The van der Waals surface area contributed by atoms with Crippen LogP contribution in [0.25, 0.3) is 0 Å². The van der Waals surface area contributed by atoms with Gasteiger partial charge in [-0.2, -0.15) is 0 Å². The minimum atomic E-state index is 0.0359. The van der Waals surface area contributed by atoms with Crippen LogP contribution in [0.3, 0.4) is 0 Å². The molecular weight excluding hydrogens is 416 g/mol. The molecule has 0 amide bonds. The summed E-state index contributed by atoms with van der Waals surface area (Å²) in [6.07, 6.45) is 10.6. The molecule has 0 aliphatic rings. The van der Waals surface area contributed by atoms with E-state index in [0.717, 1.165) is 13.2 Å². The van der Waals surface area contributed by atoms with E-state index in [-0.39, 0.29) is 13.2 Å². The molecule has 0 rings (SSSR count). The number of aliphatic hydroxyl groups excluding tert-OH is 2. The van der Waals surface area contributed by atoms with E-state index >= 15 is 0 Å². The first-order chi connectivity index (χ1) is 15.8. The highest BCUT2D eigenvalue weighted by molar-refractivity contribution is 4.42. The van der Waals surface area contributed by atoms with E-state index in [1.54, 1.807) is 0 Å². The van der Waals surface area contributed by atoms with E-state index in [0.29, 0.717) is 66.1 Å². The molecule has 0 aromatic heterocycles. The fourth-order valence-electron chi connectivity index (χ4n) is 2.47. The van der Waals surface area contributed by atoms with Crippen molar-refractivity contribution in [2.75, 3.05) is 92.5 Å². The summed E-state index contributed by atoms with van der Waals surface area (Å²) >= 11 is 0. The van der Waals surface area contributed by atoms with Crippen molar-refractivity contribution in [1.29, 1.82) is 0 Å². The smallest absolute Gasteiger partial charge is 0.0701 e. The largest absolute Gasteiger partial charge is 0.394 e. The van der Waals surface area contributed by atoms with Crippen LogP contribution in [0.1, 0.15) is 65.2 Å². The third kappa shape index (κ3) is 37.0. The maximum absolute atomic E-state index is 8.45. The first-order valence-electron chi connectivity index (χ1n) is 12.5. The minimum absolute atomic E-state index is 0.0359. The molecule has 0 aromatic carbocycles. The molecule has 0 aliphatic heterocycles. The van der Waals surface area contributed by atoms with Gasteiger partial charge in [0.2, 0.25) is 0 Å². The summed E-state index contributed by atoms with van der Waals surface area (Å²) < 4.78 is 31.3. The van der Waals surface area contributed by atoms with Crippen LogP contribution in [0.4, 0.5) is 0 Å². The first kappa shape index (κ1) is 33.9. The quantitative estimate of drug-likeness (QED) is 0.187. The Morgan fingerprint density at radius 2 is 0.625 bits per heavy atom. The molecular formula is C24H52O8. The summed E-state index contributed by atoms with van der Waals surface area (Å²) in [5.74, 6) is 0. The van der Waals surface area contributed by atoms with Gasteiger partial charge in [0, 0.05) is 13.2 Å². The van der Waals surface area contributed by atoms with Crippen molar-refractivity contribution < 1.29 is 38.6 Å². The highest BCUT2D eigenvalue weighted by Crippen LogP contribution is 2.03. The zero-order valence-corrected chi connectivity index (χ0v) is 20.9. The number of unbranched alkanes of at least 4 members (excludes halogenated alkanes) is 6. The maximum atomic E-state index is 8.45. The molecule has 0 saturated carbocycles. The SMILES string of the molecule is CCCCCCCOCCCCC.OCCOCCOCCOCCOCCOCCO. The van der Waals surface area contributed by atoms with E-state index in [2.05, 4.69) is 13.8 Å². The van der Waals surface area contributed by atoms with E-state index in [9.17, 15) is 0 Å². The Balaban J connectivity index is 0. The van der Waals surface area contributed by atoms with Crippen LogP contribution in [0.5, 0.6) is 0 Å². The van der Waals surface area contributed by atoms with Crippen LogP contribution in [0.2, 0.25) is 0 Å². The Kier molecular flexibility index (Phi) is 37.3. The van der Waals surface area contributed by atoms with Gasteiger partial charge in [0.05, 0.1) is 79.3 Å². The van der Waals surface area contributed by atoms with Crippen molar-refractivity contribution in [2.24, 2.45) is 0 Å². The van der Waals surface area contributed by atoms with Crippen molar-refractivity contribution in [3.05, 3.63) is 0 Å². The number of ether oxygens (including phenoxy) is 6. The molecule has 0 aromatic rings. The monoisotopic (exact) mass is 468 g/mol. The molecule has 0 spiro atoms. The third-order valence-electron chi connectivity index (χ3n) is 4.24. The van der Waals surface area contributed by atoms with Gasteiger partial charge in [-0.15, -0.1) is 0 Å². The van der Waals surface area contributed by atoms with Crippen LogP contribution < -0.4 is 0 Å². The first-order valence-corrected chi connectivity index (χ1v) is 12.5. The number of hydrogen-bond donors (Lipinski definition) is 2. The standard InChI is InChI=1S/C12H26O7.C12H26O/c13-1-3-15-5-7-17-9-11-19-12-10-18-8-6-16-4-2-14;1-3-5-7-8-10-12-13-11-9-6-4-2/h13-14H,1-12H2;3-12H2,1-2H3. The van der Waals surface area contributed by atoms with E-state index in [1.807, 2.05) is 0 Å². The molecule has 8 heteroatoms. The van der Waals surface area contributed by atoms with Gasteiger partial charge in [0.15, 0.2) is 0 Å².